The lowest BCUT2D eigenvalue weighted by Crippen LogP contribution is -2.46. The van der Waals surface area contributed by atoms with Gasteiger partial charge in [0.05, 0.1) is 12.2 Å². The van der Waals surface area contributed by atoms with Crippen LogP contribution >= 0.6 is 0 Å². The van der Waals surface area contributed by atoms with Gasteiger partial charge in [0, 0.05) is 13.1 Å². The van der Waals surface area contributed by atoms with Crippen LogP contribution in [0, 0.1) is 0 Å². The smallest absolute Gasteiger partial charge is 0.254 e. The molecule has 0 spiro atoms. The molecule has 2 aliphatic rings. The van der Waals surface area contributed by atoms with Gasteiger partial charge in [-0.2, -0.15) is 0 Å². The first kappa shape index (κ1) is 11.9. The van der Waals surface area contributed by atoms with Crippen LogP contribution in [0.15, 0.2) is 0 Å². The first-order valence-electron chi connectivity index (χ1n) is 6.18. The molecule has 0 unspecified atom stereocenters. The topological polar surface area (TPSA) is 49.8 Å². The fourth-order valence-electron chi connectivity index (χ4n) is 2.21. The maximum Gasteiger partial charge on any atom is 0.254 e. The van der Waals surface area contributed by atoms with Crippen LogP contribution in [0.1, 0.15) is 39.5 Å². The second-order valence-electron chi connectivity index (χ2n) is 5.21. The van der Waals surface area contributed by atoms with Crippen molar-refractivity contribution < 1.29 is 14.6 Å². The van der Waals surface area contributed by atoms with E-state index < -0.39 is 5.60 Å². The Balaban J connectivity index is 1.79. The highest BCUT2D eigenvalue weighted by Gasteiger charge is 2.50. The average molecular weight is 227 g/mol. The van der Waals surface area contributed by atoms with Crippen LogP contribution in [0.3, 0.4) is 0 Å². The number of carbonyl (C=O) groups excluding carboxylic acids is 1. The summed E-state index contributed by atoms with van der Waals surface area (Å²) in [6.07, 6.45) is 3.57. The Hall–Kier alpha value is -0.610. The predicted molar refractivity (Wildman–Crippen MR) is 60.0 cm³/mol. The summed E-state index contributed by atoms with van der Waals surface area (Å²) in [5, 5.41) is 9.74. The average Bonchev–Trinajstić information content (AvgIpc) is 2.97. The molecular formula is C12H21NO3. The summed E-state index contributed by atoms with van der Waals surface area (Å²) >= 11 is 0. The number of carbonyl (C=O) groups is 1. The van der Waals surface area contributed by atoms with Crippen molar-refractivity contribution in [2.24, 2.45) is 0 Å². The zero-order chi connectivity index (χ0) is 11.8. The van der Waals surface area contributed by atoms with Crippen molar-refractivity contribution in [1.82, 2.24) is 4.90 Å². The van der Waals surface area contributed by atoms with E-state index >= 15 is 0 Å². The molecule has 2 fully saturated rings. The lowest BCUT2D eigenvalue weighted by molar-refractivity contribution is -0.145. The molecule has 1 aliphatic heterocycles. The van der Waals surface area contributed by atoms with Gasteiger partial charge in [0.15, 0.2) is 0 Å². The van der Waals surface area contributed by atoms with Crippen molar-refractivity contribution in [1.29, 1.82) is 0 Å². The van der Waals surface area contributed by atoms with Crippen LogP contribution in [-0.2, 0) is 9.53 Å². The molecule has 0 aromatic carbocycles. The summed E-state index contributed by atoms with van der Waals surface area (Å²) in [6.45, 7) is 5.51. The Labute approximate surface area is 96.6 Å². The van der Waals surface area contributed by atoms with Crippen molar-refractivity contribution in [3.8, 4) is 0 Å². The molecule has 0 aromatic rings. The number of nitrogens with zero attached hydrogens (tertiary/aromatic N) is 1. The molecule has 1 heterocycles. The van der Waals surface area contributed by atoms with E-state index in [0.29, 0.717) is 12.8 Å². The third-order valence-corrected chi connectivity index (χ3v) is 3.32. The van der Waals surface area contributed by atoms with Crippen molar-refractivity contribution in [3.63, 3.8) is 0 Å². The van der Waals surface area contributed by atoms with Gasteiger partial charge >= 0.3 is 0 Å². The second-order valence-corrected chi connectivity index (χ2v) is 5.21. The van der Waals surface area contributed by atoms with Crippen molar-refractivity contribution in [2.45, 2.75) is 57.3 Å². The van der Waals surface area contributed by atoms with Gasteiger partial charge in [0.1, 0.15) is 5.60 Å². The first-order chi connectivity index (χ1) is 7.51. The standard InChI is InChI=1S/C12H21NO3/c1-9(2)16-10-3-7-13(8-4-10)11(14)12(15)5-6-12/h9-10,15H,3-8H2,1-2H3. The van der Waals surface area contributed by atoms with Crippen LogP contribution in [0.25, 0.3) is 0 Å². The number of amides is 1. The number of hydrogen-bond donors (Lipinski definition) is 1. The molecular weight excluding hydrogens is 206 g/mol. The Morgan fingerprint density at radius 1 is 1.38 bits per heavy atom. The monoisotopic (exact) mass is 227 g/mol. The van der Waals surface area contributed by atoms with E-state index in [1.165, 1.54) is 0 Å². The van der Waals surface area contributed by atoms with Gasteiger partial charge in [-0.05, 0) is 39.5 Å². The molecule has 1 N–H and O–H groups in total. The van der Waals surface area contributed by atoms with E-state index in [2.05, 4.69) is 0 Å². The molecule has 1 saturated carbocycles. The van der Waals surface area contributed by atoms with E-state index in [1.54, 1.807) is 4.90 Å². The Morgan fingerprint density at radius 3 is 2.38 bits per heavy atom. The molecule has 0 aromatic heterocycles. The quantitative estimate of drug-likeness (QED) is 0.780. The van der Waals surface area contributed by atoms with Crippen LogP contribution in [-0.4, -0.2) is 46.8 Å². The number of rotatable bonds is 3. The van der Waals surface area contributed by atoms with Crippen LogP contribution in [0.5, 0.6) is 0 Å². The third-order valence-electron chi connectivity index (χ3n) is 3.32. The normalized spacial score (nSPS) is 24.9. The molecule has 4 heteroatoms. The summed E-state index contributed by atoms with van der Waals surface area (Å²) in [4.78, 5) is 13.6. The van der Waals surface area contributed by atoms with Gasteiger partial charge < -0.3 is 14.7 Å². The molecule has 4 nitrogen and oxygen atoms in total. The van der Waals surface area contributed by atoms with E-state index in [1.807, 2.05) is 13.8 Å². The molecule has 92 valence electrons. The molecule has 1 saturated heterocycles. The molecule has 1 amide bonds. The highest BCUT2D eigenvalue weighted by atomic mass is 16.5. The van der Waals surface area contributed by atoms with E-state index in [4.69, 9.17) is 4.74 Å². The lowest BCUT2D eigenvalue weighted by atomic mass is 10.1. The Kier molecular flexibility index (Phi) is 3.22. The fraction of sp³-hybridized carbons (Fsp3) is 0.917. The summed E-state index contributed by atoms with van der Waals surface area (Å²) < 4.78 is 5.72. The number of aliphatic hydroxyl groups is 1. The Bertz CT molecular complexity index is 265. The number of ether oxygens (including phenoxy) is 1. The van der Waals surface area contributed by atoms with E-state index in [-0.39, 0.29) is 18.1 Å². The van der Waals surface area contributed by atoms with E-state index in [0.717, 1.165) is 25.9 Å². The summed E-state index contributed by atoms with van der Waals surface area (Å²) in [5.74, 6) is -0.0736. The molecule has 2 rings (SSSR count). The molecule has 0 radical (unpaired) electrons. The highest BCUT2D eigenvalue weighted by Crippen LogP contribution is 2.37. The lowest BCUT2D eigenvalue weighted by Gasteiger charge is -2.34. The molecule has 0 atom stereocenters. The number of likely N-dealkylation sites (tertiary alicyclic amines) is 1. The van der Waals surface area contributed by atoms with E-state index in [9.17, 15) is 9.90 Å². The summed E-state index contributed by atoms with van der Waals surface area (Å²) in [7, 11) is 0. The van der Waals surface area contributed by atoms with Crippen LogP contribution in [0.4, 0.5) is 0 Å². The largest absolute Gasteiger partial charge is 0.380 e. The minimum atomic E-state index is -1.01. The SMILES string of the molecule is CC(C)OC1CCN(C(=O)C2(O)CC2)CC1. The van der Waals surface area contributed by atoms with Crippen molar-refractivity contribution in [3.05, 3.63) is 0 Å². The molecule has 16 heavy (non-hydrogen) atoms. The van der Waals surface area contributed by atoms with Gasteiger partial charge in [-0.3, -0.25) is 4.79 Å². The first-order valence-corrected chi connectivity index (χ1v) is 6.18. The predicted octanol–water partition coefficient (Wildman–Crippen LogP) is 0.927. The van der Waals surface area contributed by atoms with Crippen LogP contribution < -0.4 is 0 Å². The zero-order valence-electron chi connectivity index (χ0n) is 10.1. The van der Waals surface area contributed by atoms with Gasteiger partial charge in [-0.25, -0.2) is 0 Å². The van der Waals surface area contributed by atoms with Crippen molar-refractivity contribution >= 4 is 5.91 Å². The minimum absolute atomic E-state index is 0.0736. The third kappa shape index (κ3) is 2.55. The van der Waals surface area contributed by atoms with Gasteiger partial charge in [0.2, 0.25) is 0 Å². The van der Waals surface area contributed by atoms with Gasteiger partial charge in [0.25, 0.3) is 5.91 Å². The Morgan fingerprint density at radius 2 is 1.94 bits per heavy atom. The summed E-state index contributed by atoms with van der Waals surface area (Å²) in [6, 6.07) is 0. The van der Waals surface area contributed by atoms with Crippen LogP contribution in [0.2, 0.25) is 0 Å². The zero-order valence-corrected chi connectivity index (χ0v) is 10.1. The maximum atomic E-state index is 11.8. The van der Waals surface area contributed by atoms with Gasteiger partial charge in [-0.1, -0.05) is 0 Å². The molecule has 0 bridgehead atoms. The molecule has 1 aliphatic carbocycles. The maximum absolute atomic E-state index is 11.8. The fourth-order valence-corrected chi connectivity index (χ4v) is 2.21. The van der Waals surface area contributed by atoms with Crippen molar-refractivity contribution in [2.75, 3.05) is 13.1 Å². The second kappa shape index (κ2) is 4.34. The highest BCUT2D eigenvalue weighted by molar-refractivity contribution is 5.87. The number of piperidine rings is 1. The summed E-state index contributed by atoms with van der Waals surface area (Å²) in [5.41, 5.74) is -1.01. The minimum Gasteiger partial charge on any atom is -0.380 e. The number of hydrogen-bond acceptors (Lipinski definition) is 3. The van der Waals surface area contributed by atoms with Gasteiger partial charge in [-0.15, -0.1) is 0 Å².